The topological polar surface area (TPSA) is 159 Å². The van der Waals surface area contributed by atoms with Gasteiger partial charge in [0.2, 0.25) is 12.3 Å². The van der Waals surface area contributed by atoms with Crippen molar-refractivity contribution in [1.29, 1.82) is 0 Å². The molecule has 320 valence electrons. The van der Waals surface area contributed by atoms with Gasteiger partial charge in [-0.2, -0.15) is 11.5 Å². The number of piperazine rings is 1. The first-order chi connectivity index (χ1) is 27.3. The number of carbonyl (C=O) groups is 4. The molecular formula is C41H58FFmN6O8-. The van der Waals surface area contributed by atoms with Crippen LogP contribution in [-0.4, -0.2) is 144 Å². The number of rotatable bonds is 23. The number of aldehydes is 1. The first-order valence-corrected chi connectivity index (χ1v) is 19.5. The number of hydrogen-bond donors (Lipinski definition) is 2. The molecule has 14 nitrogen and oxygen atoms in total. The van der Waals surface area contributed by atoms with E-state index in [0.717, 1.165) is 12.2 Å². The van der Waals surface area contributed by atoms with E-state index in [1.165, 1.54) is 60.5 Å². The number of ether oxygens (including phenoxy) is 3. The largest absolute Gasteiger partial charge is 0.520 e. The van der Waals surface area contributed by atoms with E-state index in [1.54, 1.807) is 48.7 Å². The SMILES string of the molecule is CCC1CCCCC1.CN/N=C(/Cc1ccc(F)c(C(=O)N2CCN(C(=O)CN([C-]=O)CCOCCOCCOCCNC=O)CC2)c1)c1ccccc1C=O.[Fm]. The molecule has 1 heterocycles. The fourth-order valence-corrected chi connectivity index (χ4v) is 6.48. The Morgan fingerprint density at radius 3 is 2.18 bits per heavy atom. The molecule has 0 aromatic heterocycles. The third-order valence-corrected chi connectivity index (χ3v) is 9.68. The molecule has 2 aromatic carbocycles. The molecule has 2 fully saturated rings. The Bertz CT molecular complexity index is 1540. The summed E-state index contributed by atoms with van der Waals surface area (Å²) >= 11 is 0. The van der Waals surface area contributed by atoms with Gasteiger partial charge in [-0.25, -0.2) is 4.39 Å². The van der Waals surface area contributed by atoms with Crippen LogP contribution < -0.4 is 10.7 Å². The van der Waals surface area contributed by atoms with Gasteiger partial charge < -0.3 is 44.4 Å². The second kappa shape index (κ2) is 27.8. The average Bonchev–Trinajstić information content (AvgIpc) is 3.24. The summed E-state index contributed by atoms with van der Waals surface area (Å²) in [5.74, 6) is -0.367. The van der Waals surface area contributed by atoms with E-state index in [4.69, 9.17) is 14.2 Å². The van der Waals surface area contributed by atoms with Crippen LogP contribution in [0.4, 0.5) is 4.39 Å². The minimum absolute atomic E-state index is 0. The van der Waals surface area contributed by atoms with Crippen LogP contribution in [0.15, 0.2) is 47.6 Å². The summed E-state index contributed by atoms with van der Waals surface area (Å²) in [5, 5.41) is 6.80. The van der Waals surface area contributed by atoms with Crippen molar-refractivity contribution in [2.45, 2.75) is 51.9 Å². The summed E-state index contributed by atoms with van der Waals surface area (Å²) in [6.45, 7) is 5.55. The fraction of sp³-hybridized carbons (Fsp3) is 0.561. The van der Waals surface area contributed by atoms with Gasteiger partial charge in [-0.05, 0) is 23.6 Å². The molecule has 4 rings (SSSR count). The maximum absolute atomic E-state index is 14.9. The Hall–Kier alpha value is -5.73. The van der Waals surface area contributed by atoms with E-state index in [0.29, 0.717) is 68.4 Å². The fourth-order valence-electron chi connectivity index (χ4n) is 6.48. The van der Waals surface area contributed by atoms with Crippen molar-refractivity contribution in [3.05, 3.63) is 70.5 Å². The van der Waals surface area contributed by atoms with Crippen molar-refractivity contribution in [3.63, 3.8) is 0 Å². The van der Waals surface area contributed by atoms with E-state index in [-0.39, 0.29) is 63.8 Å². The molecular weight excluding hydrogens is 980 g/mol. The Kier molecular flexibility index (Phi) is 23.1. The normalized spacial score (nSPS) is 14.4. The first-order valence-electron chi connectivity index (χ1n) is 19.5. The summed E-state index contributed by atoms with van der Waals surface area (Å²) in [5.41, 5.74) is 4.92. The number of nitrogens with zero attached hydrogens (tertiary/aromatic N) is 4. The standard InChI is InChI=1S/C33H42FN6O8.C8H16.Fm/c1-35-37-31(28-5-3-2-4-27(28)23-41)21-26-6-7-30(34)29(20-26)33(45)40-11-9-39(10-12-40)32(44)22-38(25-43)13-15-47-17-19-48-18-16-46-14-8-36-24-42;1-2-8-6-4-3-5-7-8;/h2-7,20,23-24,35H,8-19,21-22H2,1H3,(H,36,42);8H,2-7H2,1H3;/q-1;;/b37-31-;;. The second-order valence-corrected chi connectivity index (χ2v) is 13.5. The number of hydrazone groups is 1. The van der Waals surface area contributed by atoms with E-state index in [1.807, 2.05) is 0 Å². The summed E-state index contributed by atoms with van der Waals surface area (Å²) in [7, 11) is 1.63. The molecule has 4 amide bonds. The van der Waals surface area contributed by atoms with Gasteiger partial charge in [0, 0.05) is 63.9 Å². The van der Waals surface area contributed by atoms with Crippen molar-refractivity contribution in [2.75, 3.05) is 92.5 Å². The maximum atomic E-state index is 14.9. The summed E-state index contributed by atoms with van der Waals surface area (Å²) in [6, 6.07) is 11.3. The van der Waals surface area contributed by atoms with Gasteiger partial charge in [0.1, 0.15) is 5.82 Å². The van der Waals surface area contributed by atoms with Crippen LogP contribution in [0.1, 0.15) is 77.3 Å². The maximum Gasteiger partial charge on any atom is 0.256 e. The van der Waals surface area contributed by atoms with Crippen LogP contribution in [0.25, 0.3) is 0 Å². The van der Waals surface area contributed by atoms with Crippen LogP contribution in [0, 0.1) is 11.7 Å². The van der Waals surface area contributed by atoms with Crippen molar-refractivity contribution in [1.82, 2.24) is 25.4 Å². The predicted molar refractivity (Wildman–Crippen MR) is 211 cm³/mol. The molecule has 0 bridgehead atoms. The molecule has 1 aliphatic carbocycles. The van der Waals surface area contributed by atoms with E-state index in [9.17, 15) is 28.4 Å². The second-order valence-electron chi connectivity index (χ2n) is 13.5. The van der Waals surface area contributed by atoms with Crippen LogP contribution in [0.5, 0.6) is 0 Å². The van der Waals surface area contributed by atoms with Crippen LogP contribution >= 0.6 is 0 Å². The Labute approximate surface area is 330 Å². The predicted octanol–water partition coefficient (Wildman–Crippen LogP) is 3.23. The molecule has 1 saturated carbocycles. The zero-order valence-electron chi connectivity index (χ0n) is 33.1. The van der Waals surface area contributed by atoms with Crippen molar-refractivity contribution >= 4 is 36.6 Å². The zero-order chi connectivity index (χ0) is 40.4. The number of hydrogen-bond acceptors (Lipinski definition) is 10. The molecule has 0 atom stereocenters. The van der Waals surface area contributed by atoms with Gasteiger partial charge in [0.15, 0.2) is 6.29 Å². The number of halogens is 1. The Morgan fingerprint density at radius 1 is 0.912 bits per heavy atom. The van der Waals surface area contributed by atoms with Crippen LogP contribution in [0.3, 0.4) is 0 Å². The molecule has 16 heteroatoms. The van der Waals surface area contributed by atoms with Crippen molar-refractivity contribution in [2.24, 2.45) is 11.0 Å². The third kappa shape index (κ3) is 16.9. The minimum atomic E-state index is -0.664. The zero-order valence-corrected chi connectivity index (χ0v) is 35.5. The van der Waals surface area contributed by atoms with Gasteiger partial charge in [-0.15, -0.1) is 0 Å². The van der Waals surface area contributed by atoms with E-state index in [2.05, 4.69) is 22.8 Å². The Balaban J connectivity index is 0.00000111. The average molecular weight is 1040 g/mol. The van der Waals surface area contributed by atoms with Gasteiger partial charge in [0.05, 0.1) is 57.5 Å². The molecule has 0 unspecified atom stereocenters. The summed E-state index contributed by atoms with van der Waals surface area (Å²) < 4.78 is 31.0. The van der Waals surface area contributed by atoms with Crippen molar-refractivity contribution in [3.8, 4) is 0 Å². The van der Waals surface area contributed by atoms with Gasteiger partial charge >= 0.3 is 0 Å². The molecule has 2 aromatic rings. The number of amides is 4. The van der Waals surface area contributed by atoms with Crippen LogP contribution in [-0.2, 0) is 35.0 Å². The van der Waals surface area contributed by atoms with E-state index >= 15 is 0 Å². The van der Waals surface area contributed by atoms with Gasteiger partial charge in [-0.1, -0.05) is 75.8 Å². The third-order valence-electron chi connectivity index (χ3n) is 9.68. The molecule has 1 saturated heterocycles. The Morgan fingerprint density at radius 2 is 1.56 bits per heavy atom. The van der Waals surface area contributed by atoms with Crippen molar-refractivity contribution < 1.29 is 42.6 Å². The quantitative estimate of drug-likeness (QED) is 0.0426. The molecule has 2 aliphatic rings. The molecule has 57 heavy (non-hydrogen) atoms. The first kappa shape index (κ1) is 47.4. The number of carbonyl (C=O) groups excluding carboxylic acids is 5. The molecule has 0 radical (unpaired) electrons. The number of benzene rings is 2. The molecule has 1 aliphatic heterocycles. The smallest absolute Gasteiger partial charge is 0.256 e. The van der Waals surface area contributed by atoms with Crippen LogP contribution in [0.2, 0.25) is 0 Å². The van der Waals surface area contributed by atoms with E-state index < -0.39 is 11.7 Å². The van der Waals surface area contributed by atoms with Gasteiger partial charge in [-0.3, -0.25) is 19.2 Å². The minimum Gasteiger partial charge on any atom is -0.520 e. The summed E-state index contributed by atoms with van der Waals surface area (Å²) in [6.07, 6.45) is 12.3. The monoisotopic (exact) mass is 1040 g/mol. The van der Waals surface area contributed by atoms with Gasteiger partial charge in [0.25, 0.3) is 5.91 Å². The molecule has 2 N–H and O–H groups in total. The number of nitrogens with one attached hydrogen (secondary N) is 2. The summed E-state index contributed by atoms with van der Waals surface area (Å²) in [4.78, 5) is 63.6. The molecule has 0 spiro atoms.